The highest BCUT2D eigenvalue weighted by Crippen LogP contribution is 2.39. The summed E-state index contributed by atoms with van der Waals surface area (Å²) in [6.07, 6.45) is 6.30. The van der Waals surface area contributed by atoms with E-state index >= 15 is 0 Å². The lowest BCUT2D eigenvalue weighted by Gasteiger charge is -1.96. The number of hydrogen-bond donors (Lipinski definition) is 1. The van der Waals surface area contributed by atoms with Gasteiger partial charge < -0.3 is 5.73 Å². The van der Waals surface area contributed by atoms with Gasteiger partial charge in [0.1, 0.15) is 0 Å². The normalized spacial score (nSPS) is 15.2. The molecular weight excluding hydrogens is 228 g/mol. The van der Waals surface area contributed by atoms with Crippen LogP contribution in [0.25, 0.3) is 0 Å². The summed E-state index contributed by atoms with van der Waals surface area (Å²) >= 11 is 1.66. The molecule has 1 heterocycles. The highest BCUT2D eigenvalue weighted by Gasteiger charge is 2.23. The maximum absolute atomic E-state index is 5.76. The van der Waals surface area contributed by atoms with Crippen LogP contribution in [0.2, 0.25) is 0 Å². The Labute approximate surface area is 107 Å². The van der Waals surface area contributed by atoms with Crippen LogP contribution in [0.15, 0.2) is 29.6 Å². The van der Waals surface area contributed by atoms with Gasteiger partial charge in [-0.2, -0.15) is 0 Å². The van der Waals surface area contributed by atoms with Gasteiger partial charge in [0.2, 0.25) is 0 Å². The lowest BCUT2D eigenvalue weighted by Crippen LogP contribution is -1.92. The third-order valence-electron chi connectivity index (χ3n) is 2.54. The van der Waals surface area contributed by atoms with E-state index in [9.17, 15) is 0 Å². The van der Waals surface area contributed by atoms with Gasteiger partial charge in [0.25, 0.3) is 0 Å². The molecule has 0 aromatic carbocycles. The average molecular weight is 244 g/mol. The van der Waals surface area contributed by atoms with Crippen LogP contribution in [0, 0.1) is 11.8 Å². The second-order valence-electron chi connectivity index (χ2n) is 4.06. The zero-order valence-corrected chi connectivity index (χ0v) is 10.8. The summed E-state index contributed by atoms with van der Waals surface area (Å²) in [5.41, 5.74) is 8.64. The summed E-state index contributed by atoms with van der Waals surface area (Å²) in [7, 11) is 0. The second-order valence-corrected chi connectivity index (χ2v) is 5.21. The van der Waals surface area contributed by atoms with Gasteiger partial charge in [0, 0.05) is 23.4 Å². The first-order valence-corrected chi connectivity index (χ1v) is 6.88. The Kier molecular flexibility index (Phi) is 4.11. The van der Waals surface area contributed by atoms with Crippen molar-refractivity contribution in [2.24, 2.45) is 5.73 Å². The fraction of sp³-hybridized carbons (Fsp3) is 0.357. The molecule has 0 amide bonds. The Bertz CT molecular complexity index is 478. The smallest absolute Gasteiger partial charge is 0.0894 e. The summed E-state index contributed by atoms with van der Waals surface area (Å²) in [6.45, 7) is 2.09. The van der Waals surface area contributed by atoms with E-state index in [1.54, 1.807) is 18.0 Å². The molecule has 1 aromatic rings. The van der Waals surface area contributed by atoms with Crippen LogP contribution in [0.1, 0.15) is 36.8 Å². The maximum Gasteiger partial charge on any atom is 0.0894 e. The fourth-order valence-electron chi connectivity index (χ4n) is 1.51. The van der Waals surface area contributed by atoms with Gasteiger partial charge >= 0.3 is 0 Å². The van der Waals surface area contributed by atoms with Crippen molar-refractivity contribution in [3.8, 4) is 11.8 Å². The molecule has 0 saturated heterocycles. The molecule has 0 aliphatic heterocycles. The number of allylic oxidation sites excluding steroid dienone is 1. The topological polar surface area (TPSA) is 38.9 Å². The van der Waals surface area contributed by atoms with Crippen LogP contribution >= 0.6 is 11.8 Å². The van der Waals surface area contributed by atoms with Gasteiger partial charge in [-0.3, -0.25) is 4.98 Å². The van der Waals surface area contributed by atoms with Crippen LogP contribution in [-0.2, 0) is 0 Å². The first-order chi connectivity index (χ1) is 8.29. The van der Waals surface area contributed by atoms with Crippen LogP contribution in [0.5, 0.6) is 0 Å². The minimum absolute atomic E-state index is 0.619. The largest absolute Gasteiger partial charge is 0.391 e. The van der Waals surface area contributed by atoms with Crippen LogP contribution in [-0.4, -0.2) is 10.7 Å². The van der Waals surface area contributed by atoms with Gasteiger partial charge in [-0.05, 0) is 42.1 Å². The number of rotatable bonds is 3. The molecular formula is C14H16N2S. The predicted octanol–water partition coefficient (Wildman–Crippen LogP) is 2.86. The van der Waals surface area contributed by atoms with Crippen molar-refractivity contribution in [3.05, 3.63) is 40.7 Å². The molecule has 1 saturated carbocycles. The highest BCUT2D eigenvalue weighted by atomic mass is 32.2. The SMILES string of the molecule is CCS/C=C(\N)C#Cc1cncc(C2CC2)c1. The molecule has 0 bridgehead atoms. The van der Waals surface area contributed by atoms with Gasteiger partial charge in [-0.25, -0.2) is 0 Å². The van der Waals surface area contributed by atoms with Crippen molar-refractivity contribution in [1.29, 1.82) is 0 Å². The lowest BCUT2D eigenvalue weighted by molar-refractivity contribution is 1.09. The minimum Gasteiger partial charge on any atom is -0.391 e. The van der Waals surface area contributed by atoms with Crippen LogP contribution in [0.4, 0.5) is 0 Å². The van der Waals surface area contributed by atoms with Gasteiger partial charge in [-0.1, -0.05) is 12.8 Å². The second kappa shape index (κ2) is 5.79. The number of nitrogens with zero attached hydrogens (tertiary/aromatic N) is 1. The Morgan fingerprint density at radius 3 is 3.12 bits per heavy atom. The van der Waals surface area contributed by atoms with Gasteiger partial charge in [-0.15, -0.1) is 11.8 Å². The Morgan fingerprint density at radius 1 is 1.59 bits per heavy atom. The molecule has 1 fully saturated rings. The standard InChI is InChI=1S/C14H16N2S/c1-2-17-10-14(15)6-3-11-7-13(9-16-8-11)12-4-5-12/h7-10,12H,2,4-5,15H2,1H3/b14-10-. The molecule has 1 aliphatic carbocycles. The van der Waals surface area contributed by atoms with Gasteiger partial charge in [0.05, 0.1) is 5.70 Å². The average Bonchev–Trinajstić information content (AvgIpc) is 3.18. The minimum atomic E-state index is 0.619. The molecule has 0 spiro atoms. The Morgan fingerprint density at radius 2 is 2.41 bits per heavy atom. The van der Waals surface area contributed by atoms with E-state index in [0.29, 0.717) is 11.6 Å². The molecule has 0 unspecified atom stereocenters. The van der Waals surface area contributed by atoms with Crippen molar-refractivity contribution in [2.45, 2.75) is 25.7 Å². The Hall–Kier alpha value is -1.40. The first kappa shape index (κ1) is 12.1. The van der Waals surface area contributed by atoms with Crippen molar-refractivity contribution in [1.82, 2.24) is 4.98 Å². The molecule has 2 N–H and O–H groups in total. The van der Waals surface area contributed by atoms with E-state index in [1.807, 2.05) is 11.6 Å². The van der Waals surface area contributed by atoms with Crippen molar-refractivity contribution in [3.63, 3.8) is 0 Å². The molecule has 88 valence electrons. The fourth-order valence-corrected chi connectivity index (χ4v) is 1.92. The molecule has 2 rings (SSSR count). The molecule has 1 aromatic heterocycles. The third kappa shape index (κ3) is 3.83. The van der Waals surface area contributed by atoms with E-state index in [-0.39, 0.29) is 0 Å². The summed E-state index contributed by atoms with van der Waals surface area (Å²) in [4.78, 5) is 4.22. The summed E-state index contributed by atoms with van der Waals surface area (Å²) in [5.74, 6) is 7.74. The third-order valence-corrected chi connectivity index (χ3v) is 3.29. The molecule has 0 radical (unpaired) electrons. The number of pyridine rings is 1. The van der Waals surface area contributed by atoms with Crippen LogP contribution < -0.4 is 5.73 Å². The zero-order valence-electron chi connectivity index (χ0n) is 9.94. The molecule has 2 nitrogen and oxygen atoms in total. The summed E-state index contributed by atoms with van der Waals surface area (Å²) in [5, 5.41) is 1.89. The number of hydrogen-bond acceptors (Lipinski definition) is 3. The summed E-state index contributed by atoms with van der Waals surface area (Å²) in [6, 6.07) is 2.12. The number of nitrogens with two attached hydrogens (primary N) is 1. The molecule has 3 heteroatoms. The highest BCUT2D eigenvalue weighted by molar-refractivity contribution is 8.02. The van der Waals surface area contributed by atoms with Crippen molar-refractivity contribution >= 4 is 11.8 Å². The molecule has 17 heavy (non-hydrogen) atoms. The lowest BCUT2D eigenvalue weighted by atomic mass is 10.1. The van der Waals surface area contributed by atoms with E-state index < -0.39 is 0 Å². The maximum atomic E-state index is 5.76. The monoisotopic (exact) mass is 244 g/mol. The molecule has 0 atom stereocenters. The van der Waals surface area contributed by atoms with Crippen LogP contribution in [0.3, 0.4) is 0 Å². The zero-order chi connectivity index (χ0) is 12.1. The van der Waals surface area contributed by atoms with E-state index in [1.165, 1.54) is 18.4 Å². The van der Waals surface area contributed by atoms with E-state index in [2.05, 4.69) is 29.8 Å². The van der Waals surface area contributed by atoms with E-state index in [0.717, 1.165) is 11.3 Å². The van der Waals surface area contributed by atoms with E-state index in [4.69, 9.17) is 5.73 Å². The number of aromatic nitrogens is 1. The Balaban J connectivity index is 2.07. The predicted molar refractivity (Wildman–Crippen MR) is 73.5 cm³/mol. The summed E-state index contributed by atoms with van der Waals surface area (Å²) < 4.78 is 0. The van der Waals surface area contributed by atoms with Crippen molar-refractivity contribution in [2.75, 3.05) is 5.75 Å². The van der Waals surface area contributed by atoms with Crippen molar-refractivity contribution < 1.29 is 0 Å². The molecule has 1 aliphatic rings. The first-order valence-electron chi connectivity index (χ1n) is 5.84. The van der Waals surface area contributed by atoms with Gasteiger partial charge in [0.15, 0.2) is 0 Å². The quantitative estimate of drug-likeness (QED) is 0.831. The number of thioether (sulfide) groups is 1.